The molecule has 2 aromatic rings. The second-order valence-corrected chi connectivity index (χ2v) is 4.88. The molecule has 1 aromatic heterocycles. The van der Waals surface area contributed by atoms with E-state index in [0.717, 1.165) is 0 Å². The lowest BCUT2D eigenvalue weighted by molar-refractivity contribution is 0.0694. The minimum atomic E-state index is -1.05. The number of hydrogen-bond acceptors (Lipinski definition) is 4. The number of carboxylic acids is 1. The first-order valence-electron chi connectivity index (χ1n) is 6.64. The van der Waals surface area contributed by atoms with Gasteiger partial charge in [-0.1, -0.05) is 6.07 Å². The van der Waals surface area contributed by atoms with Crippen molar-refractivity contribution in [3.63, 3.8) is 0 Å². The Morgan fingerprint density at radius 3 is 2.64 bits per heavy atom. The number of aryl methyl sites for hydroxylation is 1. The number of amides is 1. The van der Waals surface area contributed by atoms with Crippen molar-refractivity contribution in [2.75, 3.05) is 14.2 Å². The Bertz CT molecular complexity index is 704. The molecule has 116 valence electrons. The zero-order chi connectivity index (χ0) is 16.3. The summed E-state index contributed by atoms with van der Waals surface area (Å²) in [6, 6.07) is 8.27. The fourth-order valence-corrected chi connectivity index (χ4v) is 2.12. The van der Waals surface area contributed by atoms with Gasteiger partial charge in [-0.2, -0.15) is 0 Å². The second kappa shape index (κ2) is 6.34. The summed E-state index contributed by atoms with van der Waals surface area (Å²) in [5.41, 5.74) is 0.598. The number of aromatic carboxylic acids is 1. The first kappa shape index (κ1) is 15.6. The van der Waals surface area contributed by atoms with E-state index in [-0.39, 0.29) is 18.0 Å². The molecule has 1 amide bonds. The number of hydrogen-bond donors (Lipinski definition) is 1. The Morgan fingerprint density at radius 2 is 2.05 bits per heavy atom. The maximum absolute atomic E-state index is 12.4. The summed E-state index contributed by atoms with van der Waals surface area (Å²) in [5, 5.41) is 9.00. The number of carboxylic acid groups (broad SMARTS) is 1. The number of carbonyl (C=O) groups excluding carboxylic acids is 1. The van der Waals surface area contributed by atoms with Crippen molar-refractivity contribution in [1.82, 2.24) is 4.90 Å². The molecule has 1 heterocycles. The summed E-state index contributed by atoms with van der Waals surface area (Å²) in [5.74, 6) is 0.0961. The Hall–Kier alpha value is -2.76. The molecule has 0 aliphatic heterocycles. The van der Waals surface area contributed by atoms with Crippen molar-refractivity contribution in [3.05, 3.63) is 53.0 Å². The fourth-order valence-electron chi connectivity index (χ4n) is 2.12. The van der Waals surface area contributed by atoms with E-state index in [4.69, 9.17) is 14.3 Å². The van der Waals surface area contributed by atoms with E-state index in [1.54, 1.807) is 38.2 Å². The highest BCUT2D eigenvalue weighted by atomic mass is 16.5. The molecule has 0 bridgehead atoms. The first-order valence-corrected chi connectivity index (χ1v) is 6.64. The molecule has 2 rings (SSSR count). The van der Waals surface area contributed by atoms with Gasteiger partial charge in [0.25, 0.3) is 5.91 Å². The molecule has 0 spiro atoms. The molecule has 22 heavy (non-hydrogen) atoms. The number of nitrogens with zero attached hydrogens (tertiary/aromatic N) is 1. The lowest BCUT2D eigenvalue weighted by Gasteiger charge is -2.16. The Balaban J connectivity index is 2.14. The van der Waals surface area contributed by atoms with Gasteiger partial charge in [0.15, 0.2) is 0 Å². The Labute approximate surface area is 127 Å². The number of benzene rings is 1. The summed E-state index contributed by atoms with van der Waals surface area (Å²) in [7, 11) is 3.16. The zero-order valence-electron chi connectivity index (χ0n) is 12.6. The number of ether oxygens (including phenoxy) is 1. The largest absolute Gasteiger partial charge is 0.497 e. The standard InChI is InChI=1S/C16H17NO5/c1-10-14(16(19)20)8-13(22-10)9-17(2)15(18)11-5-4-6-12(7-11)21-3/h4-8H,9H2,1-3H3,(H,19,20). The van der Waals surface area contributed by atoms with Crippen LogP contribution in [-0.2, 0) is 6.54 Å². The molecular formula is C16H17NO5. The molecule has 0 radical (unpaired) electrons. The van der Waals surface area contributed by atoms with E-state index in [9.17, 15) is 9.59 Å². The summed E-state index contributed by atoms with van der Waals surface area (Å²) < 4.78 is 10.5. The number of carbonyl (C=O) groups is 2. The maximum atomic E-state index is 12.4. The summed E-state index contributed by atoms with van der Waals surface area (Å²) >= 11 is 0. The second-order valence-electron chi connectivity index (χ2n) is 4.88. The molecule has 6 nitrogen and oxygen atoms in total. The molecular weight excluding hydrogens is 286 g/mol. The molecule has 0 aliphatic carbocycles. The van der Waals surface area contributed by atoms with E-state index in [0.29, 0.717) is 22.8 Å². The molecule has 1 aromatic carbocycles. The van der Waals surface area contributed by atoms with E-state index in [2.05, 4.69) is 0 Å². The lowest BCUT2D eigenvalue weighted by atomic mass is 10.2. The third-order valence-corrected chi connectivity index (χ3v) is 3.26. The fraction of sp³-hybridized carbons (Fsp3) is 0.250. The van der Waals surface area contributed by atoms with E-state index >= 15 is 0 Å². The van der Waals surface area contributed by atoms with Crippen molar-refractivity contribution in [2.24, 2.45) is 0 Å². The Kier molecular flexibility index (Phi) is 4.50. The van der Waals surface area contributed by atoms with Crippen LogP contribution in [0.4, 0.5) is 0 Å². The molecule has 0 saturated heterocycles. The predicted octanol–water partition coefficient (Wildman–Crippen LogP) is 2.57. The smallest absolute Gasteiger partial charge is 0.339 e. The molecule has 0 saturated carbocycles. The van der Waals surface area contributed by atoms with Crippen LogP contribution < -0.4 is 4.74 Å². The molecule has 0 fully saturated rings. The minimum absolute atomic E-state index is 0.109. The van der Waals surface area contributed by atoms with Crippen LogP contribution >= 0.6 is 0 Å². The van der Waals surface area contributed by atoms with Crippen LogP contribution in [0.15, 0.2) is 34.7 Å². The highest BCUT2D eigenvalue weighted by molar-refractivity contribution is 5.94. The third kappa shape index (κ3) is 3.28. The van der Waals surface area contributed by atoms with Gasteiger partial charge in [-0.3, -0.25) is 4.79 Å². The van der Waals surface area contributed by atoms with Crippen LogP contribution in [0.1, 0.15) is 32.2 Å². The van der Waals surface area contributed by atoms with Crippen molar-refractivity contribution in [2.45, 2.75) is 13.5 Å². The summed E-state index contributed by atoms with van der Waals surface area (Å²) in [6.45, 7) is 1.76. The van der Waals surface area contributed by atoms with Gasteiger partial charge in [0.2, 0.25) is 0 Å². The monoisotopic (exact) mass is 303 g/mol. The predicted molar refractivity (Wildman–Crippen MR) is 79.2 cm³/mol. The first-order chi connectivity index (χ1) is 10.4. The van der Waals surface area contributed by atoms with Crippen LogP contribution in [0.2, 0.25) is 0 Å². The van der Waals surface area contributed by atoms with Crippen LogP contribution in [0, 0.1) is 6.92 Å². The molecule has 0 unspecified atom stereocenters. The minimum Gasteiger partial charge on any atom is -0.497 e. The van der Waals surface area contributed by atoms with Gasteiger partial charge in [-0.05, 0) is 31.2 Å². The molecule has 6 heteroatoms. The van der Waals surface area contributed by atoms with Gasteiger partial charge in [0.1, 0.15) is 22.8 Å². The van der Waals surface area contributed by atoms with Gasteiger partial charge in [-0.25, -0.2) is 4.79 Å². The van der Waals surface area contributed by atoms with E-state index in [1.165, 1.54) is 18.1 Å². The quantitative estimate of drug-likeness (QED) is 0.918. The summed E-state index contributed by atoms with van der Waals surface area (Å²) in [4.78, 5) is 24.8. The van der Waals surface area contributed by atoms with Gasteiger partial charge in [0.05, 0.1) is 13.7 Å². The summed E-state index contributed by atoms with van der Waals surface area (Å²) in [6.07, 6.45) is 0. The molecule has 0 atom stereocenters. The van der Waals surface area contributed by atoms with Crippen LogP contribution in [-0.4, -0.2) is 36.0 Å². The Morgan fingerprint density at radius 1 is 1.32 bits per heavy atom. The lowest BCUT2D eigenvalue weighted by Crippen LogP contribution is -2.26. The SMILES string of the molecule is COc1cccc(C(=O)N(C)Cc2cc(C(=O)O)c(C)o2)c1. The number of rotatable bonds is 5. The van der Waals surface area contributed by atoms with Crippen molar-refractivity contribution < 1.29 is 23.8 Å². The number of methoxy groups -OCH3 is 1. The maximum Gasteiger partial charge on any atom is 0.339 e. The topological polar surface area (TPSA) is 80.0 Å². The van der Waals surface area contributed by atoms with Crippen molar-refractivity contribution >= 4 is 11.9 Å². The van der Waals surface area contributed by atoms with Crippen LogP contribution in [0.5, 0.6) is 5.75 Å². The number of furan rings is 1. The molecule has 1 N–H and O–H groups in total. The van der Waals surface area contributed by atoms with Crippen molar-refractivity contribution in [3.8, 4) is 5.75 Å². The van der Waals surface area contributed by atoms with Crippen LogP contribution in [0.25, 0.3) is 0 Å². The van der Waals surface area contributed by atoms with E-state index < -0.39 is 5.97 Å². The van der Waals surface area contributed by atoms with Gasteiger partial charge in [0, 0.05) is 12.6 Å². The van der Waals surface area contributed by atoms with Crippen molar-refractivity contribution in [1.29, 1.82) is 0 Å². The normalized spacial score (nSPS) is 10.3. The van der Waals surface area contributed by atoms with Gasteiger partial charge >= 0.3 is 5.97 Å². The molecule has 0 aliphatic rings. The zero-order valence-corrected chi connectivity index (χ0v) is 12.6. The van der Waals surface area contributed by atoms with Gasteiger partial charge < -0.3 is 19.2 Å². The third-order valence-electron chi connectivity index (χ3n) is 3.26. The average molecular weight is 303 g/mol. The van der Waals surface area contributed by atoms with Gasteiger partial charge in [-0.15, -0.1) is 0 Å². The highest BCUT2D eigenvalue weighted by Gasteiger charge is 2.18. The average Bonchev–Trinajstić information content (AvgIpc) is 2.87. The van der Waals surface area contributed by atoms with Crippen LogP contribution in [0.3, 0.4) is 0 Å². The highest BCUT2D eigenvalue weighted by Crippen LogP contribution is 2.18. The van der Waals surface area contributed by atoms with E-state index in [1.807, 2.05) is 0 Å².